The van der Waals surface area contributed by atoms with Crippen molar-refractivity contribution in [2.24, 2.45) is 0 Å². The topological polar surface area (TPSA) is 65.2 Å². The Labute approximate surface area is 95.1 Å². The van der Waals surface area contributed by atoms with E-state index in [1.165, 1.54) is 11.3 Å². The van der Waals surface area contributed by atoms with E-state index in [-0.39, 0.29) is 7.92 Å². The second-order valence-electron chi connectivity index (χ2n) is 2.59. The van der Waals surface area contributed by atoms with Crippen molar-refractivity contribution in [3.63, 3.8) is 0 Å². The standard InChI is InChI=1S/C8H4ClN2O2PS/c9-4-1-5(13-3-14-12)7-6(2-4)15-8(10)11-7/h1-2H,(H2,10,11). The molecule has 0 saturated heterocycles. The number of hydrogen-bond donors (Lipinski definition) is 1. The minimum absolute atomic E-state index is 0.333. The summed E-state index contributed by atoms with van der Waals surface area (Å²) in [6.45, 7) is 0. The molecule has 7 heteroatoms. The van der Waals surface area contributed by atoms with Crippen molar-refractivity contribution >= 4 is 46.2 Å². The monoisotopic (exact) mass is 258 g/mol. The van der Waals surface area contributed by atoms with Gasteiger partial charge in [0.25, 0.3) is 0 Å². The molecule has 0 aliphatic rings. The van der Waals surface area contributed by atoms with Crippen LogP contribution < -0.4 is 10.5 Å². The molecule has 0 radical (unpaired) electrons. The van der Waals surface area contributed by atoms with Crippen LogP contribution in [-0.4, -0.2) is 4.98 Å². The van der Waals surface area contributed by atoms with Crippen LogP contribution >= 0.6 is 30.9 Å². The molecule has 0 aliphatic carbocycles. The molecular formula is C8H4ClN2O2PS. The first-order valence-electron chi connectivity index (χ1n) is 3.80. The molecule has 0 atom stereocenters. The van der Waals surface area contributed by atoms with E-state index < -0.39 is 0 Å². The van der Waals surface area contributed by atoms with Gasteiger partial charge in [0.15, 0.2) is 0 Å². The summed E-state index contributed by atoms with van der Waals surface area (Å²) in [4.78, 5) is 4.07. The summed E-state index contributed by atoms with van der Waals surface area (Å²) < 4.78 is 16.0. The van der Waals surface area contributed by atoms with Gasteiger partial charge in [-0.15, -0.1) is 0 Å². The van der Waals surface area contributed by atoms with Crippen LogP contribution in [0, 0.1) is 5.81 Å². The molecule has 0 unspecified atom stereocenters. The SMILES string of the molecule is Nc1nc2c(OC#P=O)cc(Cl)cc2s1. The van der Waals surface area contributed by atoms with Crippen molar-refractivity contribution in [3.05, 3.63) is 17.2 Å². The normalized spacial score (nSPS) is 9.93. The van der Waals surface area contributed by atoms with Crippen molar-refractivity contribution in [2.75, 3.05) is 5.73 Å². The molecule has 1 aromatic heterocycles. The molecule has 2 rings (SSSR count). The van der Waals surface area contributed by atoms with Crippen molar-refractivity contribution in [1.82, 2.24) is 4.98 Å². The number of fused-ring (bicyclic) bond motifs is 1. The van der Waals surface area contributed by atoms with Crippen LogP contribution in [0.3, 0.4) is 0 Å². The first-order valence-corrected chi connectivity index (χ1v) is 5.81. The predicted molar refractivity (Wildman–Crippen MR) is 61.2 cm³/mol. The van der Waals surface area contributed by atoms with Gasteiger partial charge in [0.2, 0.25) is 0 Å². The fourth-order valence-electron chi connectivity index (χ4n) is 1.13. The Morgan fingerprint density at radius 1 is 1.60 bits per heavy atom. The Hall–Kier alpha value is -0.990. The van der Waals surface area contributed by atoms with E-state index in [4.69, 9.17) is 22.1 Å². The molecule has 1 heterocycles. The number of thiazole rings is 1. The van der Waals surface area contributed by atoms with Gasteiger partial charge in [0.1, 0.15) is 0 Å². The minimum atomic E-state index is -0.333. The Bertz CT molecular complexity index is 622. The first-order chi connectivity index (χ1) is 7.20. The van der Waals surface area contributed by atoms with Gasteiger partial charge in [0, 0.05) is 0 Å². The number of halogens is 1. The van der Waals surface area contributed by atoms with E-state index in [0.29, 0.717) is 21.4 Å². The fourth-order valence-corrected chi connectivity index (χ4v) is 2.33. The van der Waals surface area contributed by atoms with Crippen LogP contribution in [0.4, 0.5) is 5.13 Å². The zero-order valence-electron chi connectivity index (χ0n) is 7.23. The summed E-state index contributed by atoms with van der Waals surface area (Å²) in [6, 6.07) is 3.31. The molecule has 0 bridgehead atoms. The third-order valence-corrected chi connectivity index (χ3v) is 2.85. The van der Waals surface area contributed by atoms with Gasteiger partial charge in [0.05, 0.1) is 0 Å². The van der Waals surface area contributed by atoms with Crippen LogP contribution in [0.5, 0.6) is 5.75 Å². The van der Waals surface area contributed by atoms with Crippen molar-refractivity contribution in [2.45, 2.75) is 0 Å². The average Bonchev–Trinajstić information content (AvgIpc) is 2.54. The Morgan fingerprint density at radius 3 is 3.13 bits per heavy atom. The molecule has 4 nitrogen and oxygen atoms in total. The van der Waals surface area contributed by atoms with E-state index in [2.05, 4.69) is 10.8 Å². The van der Waals surface area contributed by atoms with Gasteiger partial charge >= 0.3 is 94.9 Å². The van der Waals surface area contributed by atoms with Gasteiger partial charge in [-0.2, -0.15) is 0 Å². The number of nitrogen functional groups attached to an aromatic ring is 1. The number of rotatable bonds is 1. The van der Waals surface area contributed by atoms with Crippen molar-refractivity contribution < 1.29 is 9.30 Å². The van der Waals surface area contributed by atoms with Crippen LogP contribution in [0.15, 0.2) is 12.1 Å². The molecule has 1 aromatic carbocycles. The number of benzene rings is 1. The number of aromatic nitrogens is 1. The summed E-state index contributed by atoms with van der Waals surface area (Å²) in [5.41, 5.74) is 6.16. The first kappa shape index (κ1) is 10.5. The Morgan fingerprint density at radius 2 is 2.40 bits per heavy atom. The van der Waals surface area contributed by atoms with Gasteiger partial charge < -0.3 is 0 Å². The van der Waals surface area contributed by atoms with E-state index >= 15 is 0 Å². The number of nitrogens with two attached hydrogens (primary N) is 1. The molecule has 15 heavy (non-hydrogen) atoms. The number of hydrogen-bond acceptors (Lipinski definition) is 5. The average molecular weight is 259 g/mol. The van der Waals surface area contributed by atoms with Gasteiger partial charge in [-0.25, -0.2) is 0 Å². The Kier molecular flexibility index (Phi) is 2.98. The number of ether oxygens (including phenoxy) is 1. The summed E-state index contributed by atoms with van der Waals surface area (Å²) in [5.74, 6) is 2.57. The summed E-state index contributed by atoms with van der Waals surface area (Å²) in [5, 5.41) is 0.933. The zero-order chi connectivity index (χ0) is 10.8. The van der Waals surface area contributed by atoms with E-state index in [1.807, 2.05) is 0 Å². The summed E-state index contributed by atoms with van der Waals surface area (Å²) >= 11 is 7.17. The second kappa shape index (κ2) is 4.25. The maximum absolute atomic E-state index is 10.2. The van der Waals surface area contributed by atoms with Crippen LogP contribution in [0.25, 0.3) is 10.2 Å². The van der Waals surface area contributed by atoms with Gasteiger partial charge in [-0.05, 0) is 0 Å². The third kappa shape index (κ3) is 2.16. The molecular weight excluding hydrogens is 255 g/mol. The third-order valence-electron chi connectivity index (χ3n) is 1.63. The quantitative estimate of drug-likeness (QED) is 0.798. The second-order valence-corrected chi connectivity index (χ2v) is 4.45. The fraction of sp³-hybridized carbons (Fsp3) is 0. The summed E-state index contributed by atoms with van der Waals surface area (Å²) in [7, 11) is -0.333. The zero-order valence-corrected chi connectivity index (χ0v) is 9.70. The Balaban J connectivity index is 2.67. The molecule has 0 spiro atoms. The molecule has 0 amide bonds. The van der Waals surface area contributed by atoms with E-state index in [9.17, 15) is 4.57 Å². The molecule has 0 aliphatic heterocycles. The molecule has 2 aromatic rings. The van der Waals surface area contributed by atoms with Crippen LogP contribution in [0.1, 0.15) is 0 Å². The van der Waals surface area contributed by atoms with Gasteiger partial charge in [-0.3, -0.25) is 0 Å². The summed E-state index contributed by atoms with van der Waals surface area (Å²) in [6.07, 6.45) is 0. The van der Waals surface area contributed by atoms with Crippen LogP contribution in [-0.2, 0) is 4.57 Å². The molecule has 76 valence electrons. The van der Waals surface area contributed by atoms with E-state index in [0.717, 1.165) is 4.70 Å². The van der Waals surface area contributed by atoms with Crippen molar-refractivity contribution in [3.8, 4) is 11.6 Å². The molecule has 2 N–H and O–H groups in total. The van der Waals surface area contributed by atoms with Crippen LogP contribution in [0.2, 0.25) is 5.02 Å². The molecule has 0 fully saturated rings. The number of nitrogens with zero attached hydrogens (tertiary/aromatic N) is 1. The van der Waals surface area contributed by atoms with Gasteiger partial charge in [-0.1, -0.05) is 0 Å². The predicted octanol–water partition coefficient (Wildman–Crippen LogP) is 3.12. The maximum atomic E-state index is 10.2. The number of anilines is 1. The molecule has 0 saturated carbocycles. The van der Waals surface area contributed by atoms with E-state index in [1.54, 1.807) is 12.1 Å². The van der Waals surface area contributed by atoms with Crippen molar-refractivity contribution in [1.29, 1.82) is 0 Å².